The molecule has 0 aromatic heterocycles. The van der Waals surface area contributed by atoms with Gasteiger partial charge in [-0.05, 0) is 38.5 Å². The highest BCUT2D eigenvalue weighted by molar-refractivity contribution is 4.84. The van der Waals surface area contributed by atoms with Crippen LogP contribution < -0.4 is 0 Å². The van der Waals surface area contributed by atoms with Crippen molar-refractivity contribution in [3.05, 3.63) is 0 Å². The van der Waals surface area contributed by atoms with Gasteiger partial charge in [0.1, 0.15) is 0 Å². The molecule has 14 heavy (non-hydrogen) atoms. The first-order chi connectivity index (χ1) is 6.56. The van der Waals surface area contributed by atoms with Gasteiger partial charge in [-0.3, -0.25) is 4.90 Å². The normalized spacial score (nSPS) is 30.2. The topological polar surface area (TPSA) is 3.24 Å². The van der Waals surface area contributed by atoms with E-state index in [-0.39, 0.29) is 0 Å². The molecule has 0 N–H and O–H groups in total. The highest BCUT2D eigenvalue weighted by Crippen LogP contribution is 2.29. The monoisotopic (exact) mass is 197 g/mol. The fourth-order valence-corrected chi connectivity index (χ4v) is 2.74. The average Bonchev–Trinajstić information content (AvgIpc) is 2.16. The molecule has 0 amide bonds. The molecule has 0 saturated carbocycles. The highest BCUT2D eigenvalue weighted by atomic mass is 15.2. The molecule has 1 fully saturated rings. The molecule has 1 heteroatoms. The summed E-state index contributed by atoms with van der Waals surface area (Å²) in [4.78, 5) is 2.72. The van der Waals surface area contributed by atoms with Crippen molar-refractivity contribution in [1.82, 2.24) is 4.90 Å². The molecule has 0 aliphatic carbocycles. The molecule has 84 valence electrons. The molecule has 1 aliphatic heterocycles. The largest absolute Gasteiger partial charge is 0.297 e. The van der Waals surface area contributed by atoms with Gasteiger partial charge in [0.25, 0.3) is 0 Å². The first-order valence-electron chi connectivity index (χ1n) is 6.32. The molecule has 1 saturated heterocycles. The first kappa shape index (κ1) is 12.0. The molecule has 1 nitrogen and oxygen atoms in total. The Hall–Kier alpha value is -0.0400. The zero-order chi connectivity index (χ0) is 10.7. The third kappa shape index (κ3) is 2.73. The predicted octanol–water partition coefficient (Wildman–Crippen LogP) is 3.54. The third-order valence-corrected chi connectivity index (χ3v) is 3.78. The summed E-state index contributed by atoms with van der Waals surface area (Å²) in [7, 11) is 0. The predicted molar refractivity (Wildman–Crippen MR) is 63.5 cm³/mol. The average molecular weight is 197 g/mol. The summed E-state index contributed by atoms with van der Waals surface area (Å²) < 4.78 is 0. The summed E-state index contributed by atoms with van der Waals surface area (Å²) in [5, 5.41) is 0. The highest BCUT2D eigenvalue weighted by Gasteiger charge is 2.30. The van der Waals surface area contributed by atoms with Crippen LogP contribution in [0.1, 0.15) is 53.9 Å². The van der Waals surface area contributed by atoms with E-state index >= 15 is 0 Å². The van der Waals surface area contributed by atoms with E-state index in [9.17, 15) is 0 Å². The Balaban J connectivity index is 2.60. The summed E-state index contributed by atoms with van der Waals surface area (Å²) in [5.41, 5.74) is 0. The van der Waals surface area contributed by atoms with Gasteiger partial charge >= 0.3 is 0 Å². The Labute approximate surface area is 89.9 Å². The van der Waals surface area contributed by atoms with E-state index in [4.69, 9.17) is 0 Å². The molecule has 1 rings (SSSR count). The molecule has 2 atom stereocenters. The van der Waals surface area contributed by atoms with Gasteiger partial charge in [0.2, 0.25) is 0 Å². The molecule has 0 radical (unpaired) electrons. The fraction of sp³-hybridized carbons (Fsp3) is 1.00. The smallest absolute Gasteiger partial charge is 0.0121 e. The van der Waals surface area contributed by atoms with Gasteiger partial charge in [-0.15, -0.1) is 0 Å². The number of nitrogens with zero attached hydrogens (tertiary/aromatic N) is 1. The van der Waals surface area contributed by atoms with Gasteiger partial charge in [-0.1, -0.05) is 27.2 Å². The van der Waals surface area contributed by atoms with E-state index < -0.39 is 0 Å². The van der Waals surface area contributed by atoms with E-state index in [1.807, 2.05) is 0 Å². The molecule has 0 spiro atoms. The second kappa shape index (κ2) is 5.16. The lowest BCUT2D eigenvalue weighted by Crippen LogP contribution is -2.49. The van der Waals surface area contributed by atoms with Crippen LogP contribution in [-0.2, 0) is 0 Å². The quantitative estimate of drug-likeness (QED) is 0.669. The van der Waals surface area contributed by atoms with E-state index in [0.717, 1.165) is 23.9 Å². The van der Waals surface area contributed by atoms with E-state index in [1.165, 1.54) is 25.8 Å². The SMILES string of the molecule is CCC1CCC(C(C)C)N(C(C)C)C1. The van der Waals surface area contributed by atoms with Crippen molar-refractivity contribution in [3.8, 4) is 0 Å². The minimum atomic E-state index is 0.719. The van der Waals surface area contributed by atoms with Crippen LogP contribution in [0.25, 0.3) is 0 Å². The standard InChI is InChI=1S/C13H27N/c1-6-12-7-8-13(10(2)3)14(9-12)11(4)5/h10-13H,6-9H2,1-5H3. The van der Waals surface area contributed by atoms with Crippen LogP contribution in [0.2, 0.25) is 0 Å². The fourth-order valence-electron chi connectivity index (χ4n) is 2.74. The molecule has 1 heterocycles. The van der Waals surface area contributed by atoms with Crippen LogP contribution in [0.3, 0.4) is 0 Å². The number of likely N-dealkylation sites (tertiary alicyclic amines) is 1. The second-order valence-corrected chi connectivity index (χ2v) is 5.45. The summed E-state index contributed by atoms with van der Waals surface area (Å²) in [6.45, 7) is 13.1. The Bertz CT molecular complexity index is 163. The van der Waals surface area contributed by atoms with Gasteiger partial charge in [0, 0.05) is 18.6 Å². The van der Waals surface area contributed by atoms with Crippen LogP contribution in [0.5, 0.6) is 0 Å². The van der Waals surface area contributed by atoms with Crippen molar-refractivity contribution in [2.24, 2.45) is 11.8 Å². The Morgan fingerprint density at radius 1 is 1.14 bits per heavy atom. The van der Waals surface area contributed by atoms with Gasteiger partial charge in [-0.25, -0.2) is 0 Å². The summed E-state index contributed by atoms with van der Waals surface area (Å²) in [6.07, 6.45) is 4.21. The Morgan fingerprint density at radius 2 is 1.79 bits per heavy atom. The molecule has 0 bridgehead atoms. The van der Waals surface area contributed by atoms with Crippen molar-refractivity contribution < 1.29 is 0 Å². The minimum absolute atomic E-state index is 0.719. The van der Waals surface area contributed by atoms with Crippen molar-refractivity contribution in [2.75, 3.05) is 6.54 Å². The molecule has 2 unspecified atom stereocenters. The second-order valence-electron chi connectivity index (χ2n) is 5.45. The van der Waals surface area contributed by atoms with E-state index in [1.54, 1.807) is 0 Å². The molecule has 0 aromatic rings. The minimum Gasteiger partial charge on any atom is -0.297 e. The zero-order valence-electron chi connectivity index (χ0n) is 10.6. The van der Waals surface area contributed by atoms with Crippen LogP contribution in [0, 0.1) is 11.8 Å². The summed E-state index contributed by atoms with van der Waals surface area (Å²) in [5.74, 6) is 1.77. The molecule has 0 aromatic carbocycles. The van der Waals surface area contributed by atoms with E-state index in [2.05, 4.69) is 39.5 Å². The van der Waals surface area contributed by atoms with Crippen molar-refractivity contribution in [1.29, 1.82) is 0 Å². The van der Waals surface area contributed by atoms with Crippen molar-refractivity contribution in [2.45, 2.75) is 66.0 Å². The lowest BCUT2D eigenvalue weighted by atomic mass is 9.85. The van der Waals surface area contributed by atoms with Crippen LogP contribution in [0.4, 0.5) is 0 Å². The number of hydrogen-bond acceptors (Lipinski definition) is 1. The molecular weight excluding hydrogens is 170 g/mol. The maximum Gasteiger partial charge on any atom is 0.0121 e. The number of rotatable bonds is 3. The number of hydrogen-bond donors (Lipinski definition) is 0. The van der Waals surface area contributed by atoms with Crippen molar-refractivity contribution in [3.63, 3.8) is 0 Å². The molecule has 1 aliphatic rings. The van der Waals surface area contributed by atoms with Crippen LogP contribution >= 0.6 is 0 Å². The van der Waals surface area contributed by atoms with Gasteiger partial charge in [0.15, 0.2) is 0 Å². The Kier molecular flexibility index (Phi) is 4.43. The van der Waals surface area contributed by atoms with Gasteiger partial charge in [-0.2, -0.15) is 0 Å². The van der Waals surface area contributed by atoms with Crippen LogP contribution in [-0.4, -0.2) is 23.5 Å². The molecular formula is C13H27N. The lowest BCUT2D eigenvalue weighted by molar-refractivity contribution is 0.0493. The summed E-state index contributed by atoms with van der Waals surface area (Å²) >= 11 is 0. The zero-order valence-corrected chi connectivity index (χ0v) is 10.6. The lowest BCUT2D eigenvalue weighted by Gasteiger charge is -2.44. The number of piperidine rings is 1. The first-order valence-corrected chi connectivity index (χ1v) is 6.32. The third-order valence-electron chi connectivity index (χ3n) is 3.78. The Morgan fingerprint density at radius 3 is 2.21 bits per heavy atom. The van der Waals surface area contributed by atoms with Crippen molar-refractivity contribution >= 4 is 0 Å². The maximum absolute atomic E-state index is 2.72. The van der Waals surface area contributed by atoms with Crippen LogP contribution in [0.15, 0.2) is 0 Å². The van der Waals surface area contributed by atoms with Gasteiger partial charge in [0.05, 0.1) is 0 Å². The maximum atomic E-state index is 2.72. The summed E-state index contributed by atoms with van der Waals surface area (Å²) in [6, 6.07) is 1.55. The van der Waals surface area contributed by atoms with E-state index in [0.29, 0.717) is 0 Å². The van der Waals surface area contributed by atoms with Gasteiger partial charge < -0.3 is 0 Å².